The lowest BCUT2D eigenvalue weighted by Gasteiger charge is -2.33. The highest BCUT2D eigenvalue weighted by molar-refractivity contribution is 5.84. The maximum atomic E-state index is 12.4. The molecule has 1 aromatic carbocycles. The second kappa shape index (κ2) is 6.22. The van der Waals surface area contributed by atoms with Gasteiger partial charge in [-0.25, -0.2) is 4.79 Å². The highest BCUT2D eigenvalue weighted by Gasteiger charge is 2.31. The van der Waals surface area contributed by atoms with Crippen molar-refractivity contribution < 1.29 is 14.7 Å². The van der Waals surface area contributed by atoms with E-state index in [0.29, 0.717) is 25.9 Å². The lowest BCUT2D eigenvalue weighted by molar-refractivity contribution is -0.152. The molecular formula is C17H20N2O3. The van der Waals surface area contributed by atoms with Gasteiger partial charge in [0, 0.05) is 31.2 Å². The second-order valence-corrected chi connectivity index (χ2v) is 5.75. The van der Waals surface area contributed by atoms with Crippen LogP contribution in [0.5, 0.6) is 0 Å². The third kappa shape index (κ3) is 2.84. The van der Waals surface area contributed by atoms with E-state index in [2.05, 4.69) is 0 Å². The summed E-state index contributed by atoms with van der Waals surface area (Å²) >= 11 is 0. The first-order chi connectivity index (χ1) is 10.7. The van der Waals surface area contributed by atoms with Gasteiger partial charge in [-0.15, -0.1) is 0 Å². The summed E-state index contributed by atoms with van der Waals surface area (Å²) in [5.74, 6) is -0.954. The van der Waals surface area contributed by atoms with Gasteiger partial charge in [-0.2, -0.15) is 0 Å². The maximum Gasteiger partial charge on any atom is 0.326 e. The molecule has 0 bridgehead atoms. The Balaban J connectivity index is 1.67. The lowest BCUT2D eigenvalue weighted by Crippen LogP contribution is -2.48. The Hall–Kier alpha value is -2.30. The summed E-state index contributed by atoms with van der Waals surface area (Å²) < 4.78 is 2.05. The molecule has 116 valence electrons. The van der Waals surface area contributed by atoms with Crippen LogP contribution < -0.4 is 0 Å². The van der Waals surface area contributed by atoms with Crippen molar-refractivity contribution in [2.24, 2.45) is 0 Å². The van der Waals surface area contributed by atoms with Crippen molar-refractivity contribution in [1.29, 1.82) is 0 Å². The van der Waals surface area contributed by atoms with Crippen LogP contribution in [0, 0.1) is 0 Å². The van der Waals surface area contributed by atoms with E-state index in [9.17, 15) is 14.7 Å². The Morgan fingerprint density at radius 2 is 2.00 bits per heavy atom. The van der Waals surface area contributed by atoms with Gasteiger partial charge in [-0.3, -0.25) is 4.79 Å². The number of para-hydroxylation sites is 1. The number of aryl methyl sites for hydroxylation is 1. The molecule has 0 spiro atoms. The molecule has 2 aromatic rings. The van der Waals surface area contributed by atoms with E-state index in [4.69, 9.17) is 0 Å². The van der Waals surface area contributed by atoms with Gasteiger partial charge in [-0.1, -0.05) is 18.2 Å². The van der Waals surface area contributed by atoms with Crippen LogP contribution in [0.2, 0.25) is 0 Å². The number of hydrogen-bond donors (Lipinski definition) is 1. The van der Waals surface area contributed by atoms with Crippen molar-refractivity contribution in [3.05, 3.63) is 36.5 Å². The normalized spacial score (nSPS) is 18.5. The lowest BCUT2D eigenvalue weighted by atomic mass is 10.0. The predicted molar refractivity (Wildman–Crippen MR) is 83.5 cm³/mol. The fourth-order valence-corrected chi connectivity index (χ4v) is 3.18. The molecule has 0 radical (unpaired) electrons. The summed E-state index contributed by atoms with van der Waals surface area (Å²) in [5.41, 5.74) is 1.10. The van der Waals surface area contributed by atoms with Gasteiger partial charge < -0.3 is 14.6 Å². The summed E-state index contributed by atoms with van der Waals surface area (Å²) in [7, 11) is 0. The Labute approximate surface area is 129 Å². The molecule has 2 heterocycles. The quantitative estimate of drug-likeness (QED) is 0.943. The minimum absolute atomic E-state index is 0.0649. The van der Waals surface area contributed by atoms with Crippen molar-refractivity contribution in [2.45, 2.75) is 38.3 Å². The van der Waals surface area contributed by atoms with Gasteiger partial charge in [0.25, 0.3) is 0 Å². The number of carboxylic acid groups (broad SMARTS) is 1. The molecule has 1 atom stereocenters. The highest BCUT2D eigenvalue weighted by atomic mass is 16.4. The number of rotatable bonds is 4. The number of carbonyl (C=O) groups is 2. The van der Waals surface area contributed by atoms with Crippen LogP contribution in [0.3, 0.4) is 0 Å². The zero-order valence-corrected chi connectivity index (χ0v) is 12.4. The van der Waals surface area contributed by atoms with E-state index >= 15 is 0 Å². The summed E-state index contributed by atoms with van der Waals surface area (Å²) in [6.07, 6.45) is 4.64. The number of likely N-dealkylation sites (tertiary alicyclic amines) is 1. The number of aliphatic carboxylic acids is 1. The van der Waals surface area contributed by atoms with Crippen LogP contribution in [-0.2, 0) is 16.1 Å². The molecule has 1 saturated heterocycles. The van der Waals surface area contributed by atoms with Crippen molar-refractivity contribution >= 4 is 22.8 Å². The molecule has 1 aliphatic heterocycles. The number of carboxylic acids is 1. The Kier molecular flexibility index (Phi) is 4.13. The number of nitrogens with zero attached hydrogens (tertiary/aromatic N) is 2. The van der Waals surface area contributed by atoms with Crippen LogP contribution in [0.1, 0.15) is 25.7 Å². The number of aromatic nitrogens is 1. The summed E-state index contributed by atoms with van der Waals surface area (Å²) in [5, 5.41) is 10.4. The monoisotopic (exact) mass is 300 g/mol. The zero-order valence-electron chi connectivity index (χ0n) is 12.4. The number of benzene rings is 1. The molecule has 0 aliphatic carbocycles. The number of hydrogen-bond acceptors (Lipinski definition) is 2. The first-order valence-corrected chi connectivity index (χ1v) is 7.73. The van der Waals surface area contributed by atoms with Crippen LogP contribution in [0.4, 0.5) is 0 Å². The second-order valence-electron chi connectivity index (χ2n) is 5.75. The molecule has 3 rings (SSSR count). The molecule has 0 unspecified atom stereocenters. The van der Waals surface area contributed by atoms with Crippen molar-refractivity contribution in [3.63, 3.8) is 0 Å². The number of piperidine rings is 1. The van der Waals surface area contributed by atoms with Crippen molar-refractivity contribution in [2.75, 3.05) is 6.54 Å². The van der Waals surface area contributed by atoms with E-state index in [1.54, 1.807) is 0 Å². The van der Waals surface area contributed by atoms with Gasteiger partial charge in [0.2, 0.25) is 5.91 Å². The molecule has 1 N–H and O–H groups in total. The van der Waals surface area contributed by atoms with Gasteiger partial charge >= 0.3 is 5.97 Å². The largest absolute Gasteiger partial charge is 0.480 e. The Bertz CT molecular complexity index is 692. The van der Waals surface area contributed by atoms with E-state index in [1.165, 1.54) is 4.90 Å². The van der Waals surface area contributed by atoms with Crippen LogP contribution in [-0.4, -0.2) is 39.0 Å². The average Bonchev–Trinajstić information content (AvgIpc) is 2.96. The molecule has 1 aliphatic rings. The fraction of sp³-hybridized carbons (Fsp3) is 0.412. The topological polar surface area (TPSA) is 62.5 Å². The van der Waals surface area contributed by atoms with E-state index in [-0.39, 0.29) is 5.91 Å². The standard InChI is InChI=1S/C17H20N2O3/c20-16(19-10-4-3-7-15(19)17(21)22)9-12-18-11-8-13-5-1-2-6-14(13)18/h1-2,5-6,8,11,15H,3-4,7,9-10,12H2,(H,21,22)/t15-/m1/s1. The molecule has 1 fully saturated rings. The summed E-state index contributed by atoms with van der Waals surface area (Å²) in [4.78, 5) is 25.2. The molecule has 5 heteroatoms. The third-order valence-corrected chi connectivity index (χ3v) is 4.36. The minimum Gasteiger partial charge on any atom is -0.480 e. The Morgan fingerprint density at radius 1 is 1.18 bits per heavy atom. The molecular weight excluding hydrogens is 280 g/mol. The Morgan fingerprint density at radius 3 is 2.82 bits per heavy atom. The van der Waals surface area contributed by atoms with Crippen LogP contribution in [0.25, 0.3) is 10.9 Å². The van der Waals surface area contributed by atoms with Gasteiger partial charge in [0.05, 0.1) is 0 Å². The first kappa shape index (κ1) is 14.6. The molecule has 1 amide bonds. The minimum atomic E-state index is -0.889. The molecule has 0 saturated carbocycles. The van der Waals surface area contributed by atoms with Gasteiger partial charge in [-0.05, 0) is 36.8 Å². The third-order valence-electron chi connectivity index (χ3n) is 4.36. The summed E-state index contributed by atoms with van der Waals surface area (Å²) in [6.45, 7) is 1.14. The number of carbonyl (C=O) groups excluding carboxylic acids is 1. The molecule has 1 aromatic heterocycles. The highest BCUT2D eigenvalue weighted by Crippen LogP contribution is 2.19. The molecule has 22 heavy (non-hydrogen) atoms. The smallest absolute Gasteiger partial charge is 0.326 e. The summed E-state index contributed by atoms with van der Waals surface area (Å²) in [6, 6.07) is 9.41. The van der Waals surface area contributed by atoms with E-state index in [1.807, 2.05) is 41.1 Å². The number of fused-ring (bicyclic) bond motifs is 1. The zero-order chi connectivity index (χ0) is 15.5. The van der Waals surface area contributed by atoms with Crippen LogP contribution >= 0.6 is 0 Å². The van der Waals surface area contributed by atoms with E-state index in [0.717, 1.165) is 23.7 Å². The number of amides is 1. The van der Waals surface area contributed by atoms with Gasteiger partial charge in [0.15, 0.2) is 0 Å². The van der Waals surface area contributed by atoms with Crippen LogP contribution in [0.15, 0.2) is 36.5 Å². The SMILES string of the molecule is O=C(O)[C@H]1CCCCN1C(=O)CCn1ccc2ccccc21. The van der Waals surface area contributed by atoms with Gasteiger partial charge in [0.1, 0.15) is 6.04 Å². The van der Waals surface area contributed by atoms with E-state index < -0.39 is 12.0 Å². The predicted octanol–water partition coefficient (Wildman–Crippen LogP) is 2.50. The fourth-order valence-electron chi connectivity index (χ4n) is 3.18. The average molecular weight is 300 g/mol. The maximum absolute atomic E-state index is 12.4. The van der Waals surface area contributed by atoms with Crippen molar-refractivity contribution in [3.8, 4) is 0 Å². The first-order valence-electron chi connectivity index (χ1n) is 7.73. The molecule has 5 nitrogen and oxygen atoms in total. The van der Waals surface area contributed by atoms with Crippen molar-refractivity contribution in [1.82, 2.24) is 9.47 Å².